The largest absolute Gasteiger partial charge is 0.450 e. The molecule has 0 aliphatic carbocycles. The number of rotatable bonds is 4. The van der Waals surface area contributed by atoms with Crippen LogP contribution in [0.3, 0.4) is 0 Å². The Morgan fingerprint density at radius 2 is 1.96 bits per heavy atom. The first-order valence-corrected chi connectivity index (χ1v) is 8.03. The van der Waals surface area contributed by atoms with Crippen LogP contribution in [-0.4, -0.2) is 29.4 Å². The maximum Gasteiger partial charge on any atom is 0.374 e. The average molecular weight is 359 g/mol. The number of benzene rings is 1. The molecule has 3 rings (SSSR count). The van der Waals surface area contributed by atoms with Crippen LogP contribution in [0.1, 0.15) is 17.5 Å². The second-order valence-electron chi connectivity index (χ2n) is 4.96. The number of carbonyl (C=O) groups is 3. The number of esters is 1. The van der Waals surface area contributed by atoms with Crippen LogP contribution in [0.5, 0.6) is 0 Å². The zero-order chi connectivity index (χ0) is 17.8. The third kappa shape index (κ3) is 4.01. The Labute approximate surface area is 145 Å². The number of amides is 2. The van der Waals surface area contributed by atoms with Crippen LogP contribution in [0, 0.1) is 0 Å². The molecule has 2 N–H and O–H groups in total. The number of carbonyl (C=O) groups excluding carboxylic acids is 3. The lowest BCUT2D eigenvalue weighted by Crippen LogP contribution is -2.42. The number of thiazole rings is 1. The number of para-hydroxylation sites is 1. The Morgan fingerprint density at radius 1 is 1.16 bits per heavy atom. The number of hydrazine groups is 1. The van der Waals surface area contributed by atoms with Crippen LogP contribution < -0.4 is 10.9 Å². The van der Waals surface area contributed by atoms with E-state index in [1.807, 2.05) is 24.3 Å². The molecule has 2 amide bonds. The Hall–Kier alpha value is -3.20. The van der Waals surface area contributed by atoms with Crippen molar-refractivity contribution in [3.8, 4) is 10.8 Å². The third-order valence-electron chi connectivity index (χ3n) is 3.02. The topological polar surface area (TPSA) is 111 Å². The highest BCUT2D eigenvalue weighted by Crippen LogP contribution is 2.31. The molecular formula is C16H13N3O5S. The lowest BCUT2D eigenvalue weighted by atomic mass is 10.3. The molecule has 0 saturated heterocycles. The van der Waals surface area contributed by atoms with E-state index in [9.17, 15) is 14.4 Å². The number of ether oxygens (including phenoxy) is 1. The molecule has 1 aromatic carbocycles. The van der Waals surface area contributed by atoms with Crippen molar-refractivity contribution in [3.05, 3.63) is 42.2 Å². The van der Waals surface area contributed by atoms with E-state index in [-0.39, 0.29) is 5.76 Å². The Balaban J connectivity index is 1.63. The zero-order valence-corrected chi connectivity index (χ0v) is 13.9. The minimum atomic E-state index is -0.787. The van der Waals surface area contributed by atoms with Crippen LogP contribution in [-0.2, 0) is 14.3 Å². The molecule has 0 bridgehead atoms. The first-order chi connectivity index (χ1) is 12.0. The lowest BCUT2D eigenvalue weighted by Gasteiger charge is -2.05. The van der Waals surface area contributed by atoms with Gasteiger partial charge in [0.2, 0.25) is 11.7 Å². The van der Waals surface area contributed by atoms with Gasteiger partial charge < -0.3 is 9.15 Å². The summed E-state index contributed by atoms with van der Waals surface area (Å²) < 4.78 is 11.3. The standard InChI is InChI=1S/C16H13N3O5S/c1-9(20)18-19-14(21)8-23-16(22)12-7-6-11(24-12)15-17-10-4-2-3-5-13(10)25-15/h2-7H,8H2,1H3,(H,18,20)(H,19,21). The normalized spacial score (nSPS) is 10.4. The highest BCUT2D eigenvalue weighted by molar-refractivity contribution is 7.21. The lowest BCUT2D eigenvalue weighted by molar-refractivity contribution is -0.129. The second-order valence-corrected chi connectivity index (χ2v) is 5.99. The van der Waals surface area contributed by atoms with Gasteiger partial charge in [0.15, 0.2) is 17.4 Å². The Morgan fingerprint density at radius 3 is 2.72 bits per heavy atom. The van der Waals surface area contributed by atoms with Gasteiger partial charge in [-0.1, -0.05) is 12.1 Å². The monoisotopic (exact) mass is 359 g/mol. The van der Waals surface area contributed by atoms with E-state index < -0.39 is 24.4 Å². The summed E-state index contributed by atoms with van der Waals surface area (Å²) in [6.07, 6.45) is 0. The number of hydrogen-bond donors (Lipinski definition) is 2. The van der Waals surface area contributed by atoms with Crippen LogP contribution in [0.15, 0.2) is 40.8 Å². The number of nitrogens with zero attached hydrogens (tertiary/aromatic N) is 1. The summed E-state index contributed by atoms with van der Waals surface area (Å²) in [5.74, 6) is -1.49. The van der Waals surface area contributed by atoms with Gasteiger partial charge in [0.05, 0.1) is 10.2 Å². The van der Waals surface area contributed by atoms with Crippen molar-refractivity contribution < 1.29 is 23.5 Å². The molecule has 0 radical (unpaired) electrons. The van der Waals surface area contributed by atoms with Gasteiger partial charge in [-0.25, -0.2) is 9.78 Å². The van der Waals surface area contributed by atoms with E-state index in [0.717, 1.165) is 10.2 Å². The van der Waals surface area contributed by atoms with Crippen molar-refractivity contribution in [1.29, 1.82) is 0 Å². The summed E-state index contributed by atoms with van der Waals surface area (Å²) in [6, 6.07) is 10.7. The maximum atomic E-state index is 11.9. The second kappa shape index (κ2) is 7.14. The summed E-state index contributed by atoms with van der Waals surface area (Å²) >= 11 is 1.44. The molecule has 0 aliphatic rings. The molecule has 25 heavy (non-hydrogen) atoms. The maximum absolute atomic E-state index is 11.9. The predicted molar refractivity (Wildman–Crippen MR) is 89.6 cm³/mol. The highest BCUT2D eigenvalue weighted by atomic mass is 32.1. The van der Waals surface area contributed by atoms with E-state index in [1.165, 1.54) is 24.3 Å². The van der Waals surface area contributed by atoms with Gasteiger partial charge in [-0.05, 0) is 24.3 Å². The van der Waals surface area contributed by atoms with Crippen LogP contribution >= 0.6 is 11.3 Å². The Kier molecular flexibility index (Phi) is 4.75. The van der Waals surface area contributed by atoms with Crippen molar-refractivity contribution in [2.24, 2.45) is 0 Å². The fourth-order valence-electron chi connectivity index (χ4n) is 1.94. The Bertz CT molecular complexity index is 913. The van der Waals surface area contributed by atoms with E-state index >= 15 is 0 Å². The van der Waals surface area contributed by atoms with E-state index in [2.05, 4.69) is 15.8 Å². The highest BCUT2D eigenvalue weighted by Gasteiger charge is 2.17. The van der Waals surface area contributed by atoms with Crippen molar-refractivity contribution >= 4 is 39.3 Å². The molecular weight excluding hydrogens is 346 g/mol. The number of fused-ring (bicyclic) bond motifs is 1. The minimum Gasteiger partial charge on any atom is -0.450 e. The number of aromatic nitrogens is 1. The fourth-order valence-corrected chi connectivity index (χ4v) is 2.86. The molecule has 0 unspecified atom stereocenters. The predicted octanol–water partition coefficient (Wildman–Crippen LogP) is 1.88. The van der Waals surface area contributed by atoms with Gasteiger partial charge in [-0.2, -0.15) is 0 Å². The van der Waals surface area contributed by atoms with E-state index in [0.29, 0.717) is 10.8 Å². The molecule has 0 atom stereocenters. The number of furan rings is 1. The average Bonchev–Trinajstić information content (AvgIpc) is 3.24. The summed E-state index contributed by atoms with van der Waals surface area (Å²) in [4.78, 5) is 38.4. The quantitative estimate of drug-likeness (QED) is 0.544. The van der Waals surface area contributed by atoms with Crippen molar-refractivity contribution in [2.75, 3.05) is 6.61 Å². The molecule has 2 heterocycles. The molecule has 0 spiro atoms. The van der Waals surface area contributed by atoms with Crippen LogP contribution in [0.4, 0.5) is 0 Å². The van der Waals surface area contributed by atoms with Gasteiger partial charge in [0.1, 0.15) is 0 Å². The number of nitrogens with one attached hydrogen (secondary N) is 2. The zero-order valence-electron chi connectivity index (χ0n) is 13.1. The van der Waals surface area contributed by atoms with Crippen LogP contribution in [0.25, 0.3) is 21.0 Å². The molecule has 8 nitrogen and oxygen atoms in total. The first kappa shape index (κ1) is 16.7. The van der Waals surface area contributed by atoms with Crippen molar-refractivity contribution in [3.63, 3.8) is 0 Å². The first-order valence-electron chi connectivity index (χ1n) is 7.21. The van der Waals surface area contributed by atoms with E-state index in [1.54, 1.807) is 6.07 Å². The molecule has 3 aromatic rings. The van der Waals surface area contributed by atoms with Crippen LogP contribution in [0.2, 0.25) is 0 Å². The van der Waals surface area contributed by atoms with Crippen molar-refractivity contribution in [2.45, 2.75) is 6.92 Å². The summed E-state index contributed by atoms with van der Waals surface area (Å²) in [5, 5.41) is 0.642. The van der Waals surface area contributed by atoms with Gasteiger partial charge in [-0.15, -0.1) is 11.3 Å². The van der Waals surface area contributed by atoms with Gasteiger partial charge in [0, 0.05) is 6.92 Å². The SMILES string of the molecule is CC(=O)NNC(=O)COC(=O)c1ccc(-c2nc3ccccc3s2)o1. The molecule has 0 saturated carbocycles. The van der Waals surface area contributed by atoms with Crippen molar-refractivity contribution in [1.82, 2.24) is 15.8 Å². The summed E-state index contributed by atoms with van der Waals surface area (Å²) in [6.45, 7) is 0.689. The molecule has 0 aliphatic heterocycles. The molecule has 2 aromatic heterocycles. The van der Waals surface area contributed by atoms with Gasteiger partial charge >= 0.3 is 5.97 Å². The molecule has 0 fully saturated rings. The molecule has 128 valence electrons. The van der Waals surface area contributed by atoms with Gasteiger partial charge in [-0.3, -0.25) is 20.4 Å². The molecule has 9 heteroatoms. The fraction of sp³-hybridized carbons (Fsp3) is 0.125. The number of hydrogen-bond acceptors (Lipinski definition) is 7. The summed E-state index contributed by atoms with van der Waals surface area (Å²) in [7, 11) is 0. The van der Waals surface area contributed by atoms with E-state index in [4.69, 9.17) is 9.15 Å². The third-order valence-corrected chi connectivity index (χ3v) is 4.08. The van der Waals surface area contributed by atoms with Gasteiger partial charge in [0.25, 0.3) is 5.91 Å². The summed E-state index contributed by atoms with van der Waals surface area (Å²) in [5.41, 5.74) is 5.01. The minimum absolute atomic E-state index is 0.0402. The smallest absolute Gasteiger partial charge is 0.374 e.